The Hall–Kier alpha value is -2.45. The number of aliphatic imine (C=N–C) groups is 1. The Morgan fingerprint density at radius 3 is 2.81 bits per heavy atom. The molecule has 0 bridgehead atoms. The average Bonchev–Trinajstić information content (AvgIpc) is 3.43. The number of rotatable bonds is 7. The van der Waals surface area contributed by atoms with Crippen molar-refractivity contribution in [3.05, 3.63) is 66.1 Å². The van der Waals surface area contributed by atoms with Gasteiger partial charge in [0.2, 0.25) is 10.0 Å². The largest absolute Gasteiger partial charge is 0.469 e. The van der Waals surface area contributed by atoms with Gasteiger partial charge in [-0.1, -0.05) is 12.1 Å². The number of guanidine groups is 1. The number of fused-ring (bicyclic) bond motifs is 1. The number of benzene rings is 1. The monoisotopic (exact) mass is 571 g/mol. The molecule has 1 aliphatic rings. The molecule has 10 nitrogen and oxygen atoms in total. The number of nitrogens with zero attached hydrogens (tertiary/aromatic N) is 4. The summed E-state index contributed by atoms with van der Waals surface area (Å²) in [7, 11) is -3.71. The number of hydrogen-bond donors (Lipinski definition) is 3. The van der Waals surface area contributed by atoms with E-state index in [4.69, 9.17) is 9.56 Å². The molecule has 1 unspecified atom stereocenters. The van der Waals surface area contributed by atoms with Crippen molar-refractivity contribution in [3.8, 4) is 0 Å². The van der Waals surface area contributed by atoms with E-state index >= 15 is 0 Å². The minimum Gasteiger partial charge on any atom is -0.469 e. The number of halogens is 1. The summed E-state index contributed by atoms with van der Waals surface area (Å²) in [4.78, 5) is 9.03. The molecule has 0 aliphatic carbocycles. The van der Waals surface area contributed by atoms with Crippen LogP contribution in [0.5, 0.6) is 0 Å². The smallest absolute Gasteiger partial charge is 0.238 e. The first-order valence-corrected chi connectivity index (χ1v) is 11.6. The van der Waals surface area contributed by atoms with Gasteiger partial charge in [0.15, 0.2) is 5.96 Å². The first-order valence-electron chi connectivity index (χ1n) is 10.0. The molecule has 1 aliphatic heterocycles. The van der Waals surface area contributed by atoms with Crippen molar-refractivity contribution >= 4 is 40.0 Å². The predicted molar refractivity (Wildman–Crippen MR) is 130 cm³/mol. The van der Waals surface area contributed by atoms with Gasteiger partial charge in [0, 0.05) is 25.4 Å². The lowest BCUT2D eigenvalue weighted by Crippen LogP contribution is -2.47. The summed E-state index contributed by atoms with van der Waals surface area (Å²) in [6.45, 7) is 1.77. The second-order valence-corrected chi connectivity index (χ2v) is 8.91. The molecule has 4 N–H and O–H groups in total. The Balaban J connectivity index is 0.00000289. The number of primary sulfonamides is 1. The van der Waals surface area contributed by atoms with Crippen LogP contribution in [-0.2, 0) is 36.0 Å². The number of aromatic nitrogens is 3. The Labute approximate surface area is 203 Å². The maximum atomic E-state index is 11.4. The van der Waals surface area contributed by atoms with Crippen molar-refractivity contribution in [2.24, 2.45) is 10.1 Å². The van der Waals surface area contributed by atoms with E-state index < -0.39 is 10.0 Å². The van der Waals surface area contributed by atoms with Crippen LogP contribution >= 0.6 is 24.0 Å². The van der Waals surface area contributed by atoms with Gasteiger partial charge in [0.05, 0.1) is 24.2 Å². The van der Waals surface area contributed by atoms with Gasteiger partial charge in [0.25, 0.3) is 0 Å². The van der Waals surface area contributed by atoms with Crippen LogP contribution in [-0.4, -0.2) is 41.7 Å². The van der Waals surface area contributed by atoms with Crippen molar-refractivity contribution in [1.82, 2.24) is 25.4 Å². The van der Waals surface area contributed by atoms with Crippen LogP contribution < -0.4 is 15.8 Å². The molecule has 172 valence electrons. The highest BCUT2D eigenvalue weighted by Crippen LogP contribution is 2.12. The SMILES string of the molecule is I.NS(=O)(=O)c1ccc(CN=C(NCCc2ccco2)NC2CCc3ncnn3C2)cc1. The summed E-state index contributed by atoms with van der Waals surface area (Å²) in [5, 5.41) is 16.2. The molecule has 0 saturated carbocycles. The Kier molecular flexibility index (Phi) is 8.26. The first kappa shape index (κ1) is 24.2. The van der Waals surface area contributed by atoms with Crippen molar-refractivity contribution < 1.29 is 12.8 Å². The van der Waals surface area contributed by atoms with Crippen LogP contribution in [0.1, 0.15) is 23.6 Å². The van der Waals surface area contributed by atoms with E-state index in [-0.39, 0.29) is 34.9 Å². The molecule has 0 amide bonds. The topological polar surface area (TPSA) is 140 Å². The molecular formula is C20H26IN7O3S. The second kappa shape index (κ2) is 10.9. The van der Waals surface area contributed by atoms with Gasteiger partial charge in [-0.25, -0.2) is 28.2 Å². The zero-order chi connectivity index (χ0) is 21.7. The maximum Gasteiger partial charge on any atom is 0.238 e. The van der Waals surface area contributed by atoms with Crippen molar-refractivity contribution in [2.45, 2.75) is 43.3 Å². The lowest BCUT2D eigenvalue weighted by atomic mass is 10.1. The van der Waals surface area contributed by atoms with E-state index in [1.54, 1.807) is 24.7 Å². The minimum absolute atomic E-state index is 0. The Morgan fingerprint density at radius 1 is 1.28 bits per heavy atom. The van der Waals surface area contributed by atoms with Gasteiger partial charge in [0.1, 0.15) is 17.9 Å². The highest BCUT2D eigenvalue weighted by atomic mass is 127. The highest BCUT2D eigenvalue weighted by Gasteiger charge is 2.20. The fourth-order valence-corrected chi connectivity index (χ4v) is 3.93. The number of nitrogens with two attached hydrogens (primary N) is 1. The summed E-state index contributed by atoms with van der Waals surface area (Å²) >= 11 is 0. The quantitative estimate of drug-likeness (QED) is 0.222. The van der Waals surface area contributed by atoms with E-state index in [0.29, 0.717) is 19.0 Å². The fraction of sp³-hybridized carbons (Fsp3) is 0.350. The van der Waals surface area contributed by atoms with Crippen LogP contribution in [0.15, 0.2) is 63.3 Å². The third-order valence-electron chi connectivity index (χ3n) is 5.06. The number of sulfonamides is 1. The molecule has 0 spiro atoms. The molecule has 4 rings (SSSR count). The number of hydrogen-bond acceptors (Lipinski definition) is 6. The third-order valence-corrected chi connectivity index (χ3v) is 5.99. The van der Waals surface area contributed by atoms with Gasteiger partial charge < -0.3 is 15.1 Å². The number of aryl methyl sites for hydroxylation is 1. The zero-order valence-corrected chi connectivity index (χ0v) is 20.5. The van der Waals surface area contributed by atoms with Gasteiger partial charge in [-0.05, 0) is 36.2 Å². The lowest BCUT2D eigenvalue weighted by molar-refractivity contribution is 0.392. The first-order chi connectivity index (χ1) is 15.0. The summed E-state index contributed by atoms with van der Waals surface area (Å²) in [5.41, 5.74) is 0.877. The van der Waals surface area contributed by atoms with Crippen molar-refractivity contribution in [1.29, 1.82) is 0 Å². The molecule has 3 aromatic rings. The van der Waals surface area contributed by atoms with E-state index in [2.05, 4.69) is 25.7 Å². The molecule has 1 aromatic carbocycles. The van der Waals surface area contributed by atoms with Crippen LogP contribution in [0.4, 0.5) is 0 Å². The van der Waals surface area contributed by atoms with E-state index in [9.17, 15) is 8.42 Å². The average molecular weight is 571 g/mol. The summed E-state index contributed by atoms with van der Waals surface area (Å²) in [5.74, 6) is 2.57. The summed E-state index contributed by atoms with van der Waals surface area (Å²) < 4.78 is 30.1. The molecule has 0 radical (unpaired) electrons. The maximum absolute atomic E-state index is 11.4. The molecular weight excluding hydrogens is 545 g/mol. The molecule has 2 aromatic heterocycles. The fourth-order valence-electron chi connectivity index (χ4n) is 3.42. The van der Waals surface area contributed by atoms with E-state index in [0.717, 1.165) is 43.0 Å². The highest BCUT2D eigenvalue weighted by molar-refractivity contribution is 14.0. The predicted octanol–water partition coefficient (Wildman–Crippen LogP) is 1.43. The van der Waals surface area contributed by atoms with Crippen LogP contribution in [0.3, 0.4) is 0 Å². The lowest BCUT2D eigenvalue weighted by Gasteiger charge is -2.25. The van der Waals surface area contributed by atoms with Gasteiger partial charge in [-0.2, -0.15) is 5.10 Å². The van der Waals surface area contributed by atoms with Gasteiger partial charge in [-0.3, -0.25) is 0 Å². The summed E-state index contributed by atoms with van der Waals surface area (Å²) in [6.07, 6.45) is 5.76. The molecule has 0 saturated heterocycles. The Morgan fingerprint density at radius 2 is 2.09 bits per heavy atom. The van der Waals surface area contributed by atoms with Crippen LogP contribution in [0.2, 0.25) is 0 Å². The van der Waals surface area contributed by atoms with Gasteiger partial charge in [-0.15, -0.1) is 24.0 Å². The molecule has 32 heavy (non-hydrogen) atoms. The van der Waals surface area contributed by atoms with E-state index in [1.807, 2.05) is 16.8 Å². The molecule has 12 heteroatoms. The normalized spacial score (nSPS) is 16.2. The van der Waals surface area contributed by atoms with Crippen LogP contribution in [0, 0.1) is 0 Å². The molecule has 3 heterocycles. The molecule has 0 fully saturated rings. The van der Waals surface area contributed by atoms with Crippen molar-refractivity contribution in [3.63, 3.8) is 0 Å². The minimum atomic E-state index is -3.71. The number of furan rings is 1. The Bertz CT molecular complexity index is 1130. The van der Waals surface area contributed by atoms with Gasteiger partial charge >= 0.3 is 0 Å². The zero-order valence-electron chi connectivity index (χ0n) is 17.3. The van der Waals surface area contributed by atoms with Crippen LogP contribution in [0.25, 0.3) is 0 Å². The third kappa shape index (κ3) is 6.53. The molecule has 1 atom stereocenters. The van der Waals surface area contributed by atoms with E-state index in [1.165, 1.54) is 12.1 Å². The van der Waals surface area contributed by atoms with Crippen molar-refractivity contribution in [2.75, 3.05) is 6.54 Å². The second-order valence-electron chi connectivity index (χ2n) is 7.35. The standard InChI is InChI=1S/C20H25N7O3S.HI/c21-31(28,29)18-6-3-15(4-7-18)12-23-20(22-10-9-17-2-1-11-30-17)26-16-5-8-19-24-14-25-27(19)13-16;/h1-4,6-7,11,14,16H,5,8-10,12-13H2,(H2,21,28,29)(H2,22,23,26);1H. The summed E-state index contributed by atoms with van der Waals surface area (Å²) in [6, 6.07) is 10.4. The number of nitrogens with one attached hydrogen (secondary N) is 2.